The largest absolute Gasteiger partial charge is 0.381 e. The maximum atomic E-state index is 11.0. The summed E-state index contributed by atoms with van der Waals surface area (Å²) in [4.78, 5) is 11.7. The molecule has 0 fully saturated rings. The van der Waals surface area contributed by atoms with E-state index in [2.05, 4.69) is 5.32 Å². The Bertz CT molecular complexity index is 634. The molecule has 0 radical (unpaired) electrons. The van der Waals surface area contributed by atoms with Crippen LogP contribution in [0.15, 0.2) is 47.4 Å². The van der Waals surface area contributed by atoms with Crippen LogP contribution in [0.2, 0.25) is 5.02 Å². The van der Waals surface area contributed by atoms with Crippen molar-refractivity contribution in [3.05, 3.63) is 63.2 Å². The highest BCUT2D eigenvalue weighted by atomic mass is 35.5. The molecule has 4 nitrogen and oxygen atoms in total. The monoisotopic (exact) mass is 308 g/mol. The van der Waals surface area contributed by atoms with Crippen LogP contribution in [0.4, 0.5) is 11.4 Å². The minimum absolute atomic E-state index is 0.0334. The molecule has 1 N–H and O–H groups in total. The van der Waals surface area contributed by atoms with E-state index in [0.717, 1.165) is 10.6 Å². The molecule has 0 saturated heterocycles. The predicted octanol–water partition coefficient (Wildman–Crippen LogP) is 4.58. The number of thioether (sulfide) groups is 1. The van der Waals surface area contributed by atoms with Crippen molar-refractivity contribution in [2.24, 2.45) is 0 Å². The van der Waals surface area contributed by atoms with E-state index < -0.39 is 4.92 Å². The van der Waals surface area contributed by atoms with Gasteiger partial charge in [0.05, 0.1) is 15.5 Å². The van der Waals surface area contributed by atoms with Crippen LogP contribution >= 0.6 is 23.4 Å². The van der Waals surface area contributed by atoms with E-state index in [-0.39, 0.29) is 5.69 Å². The summed E-state index contributed by atoms with van der Waals surface area (Å²) in [6.07, 6.45) is 2.00. The minimum atomic E-state index is -0.415. The van der Waals surface area contributed by atoms with Crippen molar-refractivity contribution in [1.29, 1.82) is 0 Å². The summed E-state index contributed by atoms with van der Waals surface area (Å²) in [5, 5.41) is 14.6. The Morgan fingerprint density at radius 1 is 1.30 bits per heavy atom. The summed E-state index contributed by atoms with van der Waals surface area (Å²) >= 11 is 7.69. The first-order chi connectivity index (χ1) is 9.61. The van der Waals surface area contributed by atoms with Gasteiger partial charge < -0.3 is 5.32 Å². The van der Waals surface area contributed by atoms with Crippen LogP contribution in [0, 0.1) is 10.1 Å². The second-order valence-electron chi connectivity index (χ2n) is 4.08. The van der Waals surface area contributed by atoms with Crippen molar-refractivity contribution in [1.82, 2.24) is 0 Å². The zero-order valence-electron chi connectivity index (χ0n) is 10.8. The van der Waals surface area contributed by atoms with Gasteiger partial charge in [0.2, 0.25) is 0 Å². The van der Waals surface area contributed by atoms with Gasteiger partial charge in [0.15, 0.2) is 0 Å². The fourth-order valence-electron chi connectivity index (χ4n) is 1.82. The summed E-state index contributed by atoms with van der Waals surface area (Å²) < 4.78 is 0. The topological polar surface area (TPSA) is 55.2 Å². The van der Waals surface area contributed by atoms with Crippen LogP contribution in [-0.4, -0.2) is 11.2 Å². The average molecular weight is 309 g/mol. The van der Waals surface area contributed by atoms with Gasteiger partial charge in [0.1, 0.15) is 0 Å². The van der Waals surface area contributed by atoms with Crippen molar-refractivity contribution in [3.8, 4) is 0 Å². The van der Waals surface area contributed by atoms with Crippen molar-refractivity contribution in [3.63, 3.8) is 0 Å². The number of hydrogen-bond acceptors (Lipinski definition) is 4. The Morgan fingerprint density at radius 2 is 2.05 bits per heavy atom. The van der Waals surface area contributed by atoms with E-state index in [1.807, 2.05) is 30.5 Å². The van der Waals surface area contributed by atoms with Gasteiger partial charge in [-0.05, 0) is 30.5 Å². The maximum absolute atomic E-state index is 11.0. The molecule has 6 heteroatoms. The molecule has 0 bridgehead atoms. The first kappa shape index (κ1) is 14.7. The minimum Gasteiger partial charge on any atom is -0.381 e. The molecule has 0 aliphatic heterocycles. The third kappa shape index (κ3) is 3.43. The molecule has 2 rings (SSSR count). The lowest BCUT2D eigenvalue weighted by atomic mass is 10.1. The van der Waals surface area contributed by atoms with Crippen LogP contribution < -0.4 is 5.32 Å². The fraction of sp³-hybridized carbons (Fsp3) is 0.143. The SMILES string of the molecule is CSc1cccc(NCc2c(Cl)cccc2[N+](=O)[O-])c1. The summed E-state index contributed by atoms with van der Waals surface area (Å²) in [5.74, 6) is 0. The molecule has 2 aromatic rings. The lowest BCUT2D eigenvalue weighted by Crippen LogP contribution is -2.04. The normalized spacial score (nSPS) is 10.3. The highest BCUT2D eigenvalue weighted by Gasteiger charge is 2.16. The Balaban J connectivity index is 2.20. The molecule has 0 aliphatic carbocycles. The number of hydrogen-bond donors (Lipinski definition) is 1. The van der Waals surface area contributed by atoms with Gasteiger partial charge in [-0.25, -0.2) is 0 Å². The Hall–Kier alpha value is -1.72. The standard InChI is InChI=1S/C14H13ClN2O2S/c1-20-11-5-2-4-10(8-11)16-9-12-13(15)6-3-7-14(12)17(18)19/h2-8,16H,9H2,1H3. The van der Waals surface area contributed by atoms with E-state index >= 15 is 0 Å². The number of nitrogens with one attached hydrogen (secondary N) is 1. The van der Waals surface area contributed by atoms with Gasteiger partial charge in [-0.3, -0.25) is 10.1 Å². The van der Waals surface area contributed by atoms with Crippen molar-refractivity contribution in [2.45, 2.75) is 11.4 Å². The third-order valence-corrected chi connectivity index (χ3v) is 3.91. The molecule has 20 heavy (non-hydrogen) atoms. The van der Waals surface area contributed by atoms with Gasteiger partial charge in [-0.2, -0.15) is 0 Å². The first-order valence-corrected chi connectivity index (χ1v) is 7.52. The molecular weight excluding hydrogens is 296 g/mol. The number of benzene rings is 2. The number of halogens is 1. The maximum Gasteiger partial charge on any atom is 0.275 e. The van der Waals surface area contributed by atoms with E-state index in [0.29, 0.717) is 17.1 Å². The van der Waals surface area contributed by atoms with Gasteiger partial charge in [0, 0.05) is 23.2 Å². The molecule has 0 aromatic heterocycles. The van der Waals surface area contributed by atoms with Crippen molar-refractivity contribution >= 4 is 34.7 Å². The molecule has 0 amide bonds. The Kier molecular flexibility index (Phi) is 4.87. The van der Waals surface area contributed by atoms with Crippen molar-refractivity contribution < 1.29 is 4.92 Å². The number of anilines is 1. The van der Waals surface area contributed by atoms with Crippen LogP contribution in [0.3, 0.4) is 0 Å². The number of nitrogens with zero attached hydrogens (tertiary/aromatic N) is 1. The molecule has 0 spiro atoms. The number of nitro benzene ring substituents is 1. The van der Waals surface area contributed by atoms with Gasteiger partial charge in [-0.1, -0.05) is 23.7 Å². The van der Waals surface area contributed by atoms with Gasteiger partial charge in [-0.15, -0.1) is 11.8 Å². The van der Waals surface area contributed by atoms with E-state index in [1.165, 1.54) is 6.07 Å². The highest BCUT2D eigenvalue weighted by Crippen LogP contribution is 2.27. The van der Waals surface area contributed by atoms with Gasteiger partial charge in [0.25, 0.3) is 5.69 Å². The molecule has 0 heterocycles. The summed E-state index contributed by atoms with van der Waals surface area (Å²) in [5.41, 5.74) is 1.44. The van der Waals surface area contributed by atoms with E-state index in [4.69, 9.17) is 11.6 Å². The second kappa shape index (κ2) is 6.63. The zero-order valence-corrected chi connectivity index (χ0v) is 12.4. The predicted molar refractivity (Wildman–Crippen MR) is 83.7 cm³/mol. The summed E-state index contributed by atoms with van der Waals surface area (Å²) in [7, 11) is 0. The molecule has 104 valence electrons. The second-order valence-corrected chi connectivity index (χ2v) is 5.37. The number of nitro groups is 1. The summed E-state index contributed by atoms with van der Waals surface area (Å²) in [6, 6.07) is 12.6. The van der Waals surface area contributed by atoms with Crippen LogP contribution in [0.5, 0.6) is 0 Å². The van der Waals surface area contributed by atoms with Crippen LogP contribution in [-0.2, 0) is 6.54 Å². The van der Waals surface area contributed by atoms with Crippen molar-refractivity contribution in [2.75, 3.05) is 11.6 Å². The number of rotatable bonds is 5. The molecular formula is C14H13ClN2O2S. The van der Waals surface area contributed by atoms with Gasteiger partial charge >= 0.3 is 0 Å². The molecule has 0 unspecified atom stereocenters. The Morgan fingerprint density at radius 3 is 2.75 bits per heavy atom. The van der Waals surface area contributed by atoms with E-state index in [1.54, 1.807) is 23.9 Å². The van der Waals surface area contributed by atoms with E-state index in [9.17, 15) is 10.1 Å². The van der Waals surface area contributed by atoms with Crippen LogP contribution in [0.1, 0.15) is 5.56 Å². The lowest BCUT2D eigenvalue weighted by molar-refractivity contribution is -0.385. The Labute approximate surface area is 126 Å². The smallest absolute Gasteiger partial charge is 0.275 e. The summed E-state index contributed by atoms with van der Waals surface area (Å²) in [6.45, 7) is 0.313. The molecule has 0 aliphatic rings. The average Bonchev–Trinajstić information content (AvgIpc) is 2.45. The fourth-order valence-corrected chi connectivity index (χ4v) is 2.51. The molecule has 0 atom stereocenters. The zero-order chi connectivity index (χ0) is 14.5. The van der Waals surface area contributed by atoms with Crippen LogP contribution in [0.25, 0.3) is 0 Å². The quantitative estimate of drug-likeness (QED) is 0.499. The molecule has 2 aromatic carbocycles. The first-order valence-electron chi connectivity index (χ1n) is 5.91. The third-order valence-electron chi connectivity index (χ3n) is 2.83. The molecule has 0 saturated carbocycles. The highest BCUT2D eigenvalue weighted by molar-refractivity contribution is 7.98. The lowest BCUT2D eigenvalue weighted by Gasteiger charge is -2.09.